The zero-order valence-corrected chi connectivity index (χ0v) is 11.9. The molecule has 2 rings (SSSR count). The molecular weight excluding hydrogens is 248 g/mol. The van der Waals surface area contributed by atoms with Crippen molar-refractivity contribution in [3.8, 4) is 0 Å². The highest BCUT2D eigenvalue weighted by Crippen LogP contribution is 2.31. The molecule has 5 heteroatoms. The van der Waals surface area contributed by atoms with Crippen molar-refractivity contribution in [1.29, 1.82) is 0 Å². The second-order valence-electron chi connectivity index (χ2n) is 5.11. The number of nitrogens with one attached hydrogen (secondary N) is 1. The Balaban J connectivity index is 2.32. The van der Waals surface area contributed by atoms with Gasteiger partial charge in [-0.25, -0.2) is 8.42 Å². The van der Waals surface area contributed by atoms with Crippen LogP contribution in [0.25, 0.3) is 0 Å². The largest absolute Gasteiger partial charge is 0.369 e. The Kier molecular flexibility index (Phi) is 3.52. The summed E-state index contributed by atoms with van der Waals surface area (Å²) in [5.41, 5.74) is 3.11. The number of hydrogen-bond donors (Lipinski definition) is 1. The van der Waals surface area contributed by atoms with Crippen molar-refractivity contribution in [3.63, 3.8) is 0 Å². The SMILES string of the molecule is CC(C)N1CCCc2cc(NS(C)(=O)=O)ccc21. The van der Waals surface area contributed by atoms with Crippen LogP contribution in [0.1, 0.15) is 25.8 Å². The standard InChI is InChI=1S/C13H20N2O2S/c1-10(2)15-8-4-5-11-9-12(6-7-13(11)15)14-18(3,16)17/h6-7,9-10,14H,4-5,8H2,1-3H3. The zero-order valence-electron chi connectivity index (χ0n) is 11.1. The van der Waals surface area contributed by atoms with E-state index in [0.29, 0.717) is 11.7 Å². The molecule has 18 heavy (non-hydrogen) atoms. The Bertz CT molecular complexity index is 538. The highest BCUT2D eigenvalue weighted by Gasteiger charge is 2.19. The van der Waals surface area contributed by atoms with Gasteiger partial charge in [-0.15, -0.1) is 0 Å². The molecule has 0 saturated carbocycles. The van der Waals surface area contributed by atoms with E-state index in [4.69, 9.17) is 0 Å². The maximum Gasteiger partial charge on any atom is 0.229 e. The van der Waals surface area contributed by atoms with Crippen molar-refractivity contribution in [3.05, 3.63) is 23.8 Å². The summed E-state index contributed by atoms with van der Waals surface area (Å²) < 4.78 is 25.0. The Labute approximate surface area is 109 Å². The molecule has 0 bridgehead atoms. The number of rotatable bonds is 3. The molecule has 1 N–H and O–H groups in total. The van der Waals surface area contributed by atoms with Crippen LogP contribution in [0, 0.1) is 0 Å². The summed E-state index contributed by atoms with van der Waals surface area (Å²) in [5, 5.41) is 0. The molecule has 1 aliphatic heterocycles. The maximum absolute atomic E-state index is 11.2. The van der Waals surface area contributed by atoms with Gasteiger partial charge in [-0.1, -0.05) is 0 Å². The molecular formula is C13H20N2O2S. The first kappa shape index (κ1) is 13.2. The van der Waals surface area contributed by atoms with E-state index < -0.39 is 10.0 Å². The molecule has 1 aliphatic rings. The van der Waals surface area contributed by atoms with E-state index >= 15 is 0 Å². The molecule has 0 saturated heterocycles. The van der Waals surface area contributed by atoms with Crippen molar-refractivity contribution in [2.75, 3.05) is 22.4 Å². The predicted molar refractivity (Wildman–Crippen MR) is 75.7 cm³/mol. The third-order valence-electron chi connectivity index (χ3n) is 3.16. The van der Waals surface area contributed by atoms with E-state index in [1.54, 1.807) is 0 Å². The molecule has 1 heterocycles. The topological polar surface area (TPSA) is 49.4 Å². The van der Waals surface area contributed by atoms with Crippen LogP contribution in [0.5, 0.6) is 0 Å². The van der Waals surface area contributed by atoms with Crippen LogP contribution in [-0.4, -0.2) is 27.3 Å². The lowest BCUT2D eigenvalue weighted by atomic mass is 10.00. The third kappa shape index (κ3) is 2.96. The van der Waals surface area contributed by atoms with E-state index in [-0.39, 0.29) is 0 Å². The summed E-state index contributed by atoms with van der Waals surface area (Å²) in [6.07, 6.45) is 3.30. The average molecular weight is 268 g/mol. The minimum Gasteiger partial charge on any atom is -0.369 e. The van der Waals surface area contributed by atoms with E-state index in [9.17, 15) is 8.42 Å². The number of anilines is 2. The van der Waals surface area contributed by atoms with Crippen molar-refractivity contribution < 1.29 is 8.42 Å². The second-order valence-corrected chi connectivity index (χ2v) is 6.86. The Morgan fingerprint density at radius 3 is 2.67 bits per heavy atom. The van der Waals surface area contributed by atoms with Gasteiger partial charge in [-0.05, 0) is 50.5 Å². The minimum atomic E-state index is -3.20. The van der Waals surface area contributed by atoms with Gasteiger partial charge in [0.1, 0.15) is 0 Å². The monoisotopic (exact) mass is 268 g/mol. The highest BCUT2D eigenvalue weighted by molar-refractivity contribution is 7.92. The van der Waals surface area contributed by atoms with Crippen molar-refractivity contribution in [1.82, 2.24) is 0 Å². The summed E-state index contributed by atoms with van der Waals surface area (Å²) >= 11 is 0. The first-order chi connectivity index (χ1) is 8.37. The van der Waals surface area contributed by atoms with Gasteiger partial charge in [0, 0.05) is 24.0 Å². The van der Waals surface area contributed by atoms with Crippen LogP contribution in [-0.2, 0) is 16.4 Å². The lowest BCUT2D eigenvalue weighted by Gasteiger charge is -2.34. The third-order valence-corrected chi connectivity index (χ3v) is 3.77. The number of hydrogen-bond acceptors (Lipinski definition) is 3. The van der Waals surface area contributed by atoms with Crippen LogP contribution < -0.4 is 9.62 Å². The number of benzene rings is 1. The Hall–Kier alpha value is -1.23. The van der Waals surface area contributed by atoms with E-state index in [1.165, 1.54) is 17.5 Å². The molecule has 0 aromatic heterocycles. The molecule has 1 aromatic rings. The molecule has 0 unspecified atom stereocenters. The lowest BCUT2D eigenvalue weighted by molar-refractivity contribution is 0.606. The first-order valence-corrected chi connectivity index (χ1v) is 8.13. The molecule has 0 radical (unpaired) electrons. The number of aryl methyl sites for hydroxylation is 1. The van der Waals surface area contributed by atoms with E-state index in [1.807, 2.05) is 18.2 Å². The normalized spacial score (nSPS) is 15.7. The quantitative estimate of drug-likeness (QED) is 0.914. The van der Waals surface area contributed by atoms with Crippen molar-refractivity contribution in [2.45, 2.75) is 32.7 Å². The number of nitrogens with zero attached hydrogens (tertiary/aromatic N) is 1. The maximum atomic E-state index is 11.2. The summed E-state index contributed by atoms with van der Waals surface area (Å²) in [4.78, 5) is 2.36. The zero-order chi connectivity index (χ0) is 13.3. The fraction of sp³-hybridized carbons (Fsp3) is 0.538. The molecule has 0 amide bonds. The van der Waals surface area contributed by atoms with Crippen molar-refractivity contribution >= 4 is 21.4 Å². The minimum absolute atomic E-state index is 0.470. The van der Waals surface area contributed by atoms with Gasteiger partial charge < -0.3 is 4.90 Å². The van der Waals surface area contributed by atoms with E-state index in [0.717, 1.165) is 19.4 Å². The fourth-order valence-electron chi connectivity index (χ4n) is 2.44. The first-order valence-electron chi connectivity index (χ1n) is 6.24. The second kappa shape index (κ2) is 4.80. The van der Waals surface area contributed by atoms with Crippen LogP contribution in [0.4, 0.5) is 11.4 Å². The smallest absolute Gasteiger partial charge is 0.229 e. The lowest BCUT2D eigenvalue weighted by Crippen LogP contribution is -2.35. The van der Waals surface area contributed by atoms with Crippen LogP contribution >= 0.6 is 0 Å². The van der Waals surface area contributed by atoms with E-state index in [2.05, 4.69) is 23.5 Å². The predicted octanol–water partition coefficient (Wildman–Crippen LogP) is 2.22. The molecule has 0 atom stereocenters. The number of fused-ring (bicyclic) bond motifs is 1. The Morgan fingerprint density at radius 2 is 2.06 bits per heavy atom. The molecule has 1 aromatic carbocycles. The van der Waals surface area contributed by atoms with Gasteiger partial charge in [0.2, 0.25) is 10.0 Å². The van der Waals surface area contributed by atoms with Gasteiger partial charge in [0.05, 0.1) is 6.26 Å². The van der Waals surface area contributed by atoms with Gasteiger partial charge in [0.25, 0.3) is 0 Å². The van der Waals surface area contributed by atoms with Crippen LogP contribution in [0.2, 0.25) is 0 Å². The fourth-order valence-corrected chi connectivity index (χ4v) is 3.00. The summed E-state index contributed by atoms with van der Waals surface area (Å²) in [5.74, 6) is 0. The van der Waals surface area contributed by atoms with Crippen LogP contribution in [0.15, 0.2) is 18.2 Å². The molecule has 0 spiro atoms. The summed E-state index contributed by atoms with van der Waals surface area (Å²) in [6.45, 7) is 5.43. The number of sulfonamides is 1. The van der Waals surface area contributed by atoms with Crippen molar-refractivity contribution in [2.24, 2.45) is 0 Å². The van der Waals surface area contributed by atoms with Gasteiger partial charge in [-0.2, -0.15) is 0 Å². The summed E-state index contributed by atoms with van der Waals surface area (Å²) in [7, 11) is -3.20. The molecule has 0 fully saturated rings. The Morgan fingerprint density at radius 1 is 1.33 bits per heavy atom. The van der Waals surface area contributed by atoms with Crippen LogP contribution in [0.3, 0.4) is 0 Å². The average Bonchev–Trinajstić information content (AvgIpc) is 2.25. The molecule has 0 aliphatic carbocycles. The highest BCUT2D eigenvalue weighted by atomic mass is 32.2. The van der Waals surface area contributed by atoms with Gasteiger partial charge in [-0.3, -0.25) is 4.72 Å². The molecule has 100 valence electrons. The van der Waals surface area contributed by atoms with Gasteiger partial charge in [0.15, 0.2) is 0 Å². The summed E-state index contributed by atoms with van der Waals surface area (Å²) in [6, 6.07) is 6.27. The molecule has 4 nitrogen and oxygen atoms in total. The van der Waals surface area contributed by atoms with Gasteiger partial charge >= 0.3 is 0 Å².